The summed E-state index contributed by atoms with van der Waals surface area (Å²) in [7, 11) is -5.92. The predicted octanol–water partition coefficient (Wildman–Crippen LogP) is 14.0. The molecule has 0 aliphatic rings. The second-order valence-electron chi connectivity index (χ2n) is 21.5. The molecule has 0 amide bonds. The molecule has 15 aromatic rings. The molecule has 0 spiro atoms. The van der Waals surface area contributed by atoms with E-state index in [2.05, 4.69) is 349 Å². The van der Waals surface area contributed by atoms with E-state index in [0.29, 0.717) is 0 Å². The van der Waals surface area contributed by atoms with Crippen molar-refractivity contribution in [3.05, 3.63) is 340 Å². The molecule has 0 fully saturated rings. The zero-order valence-corrected chi connectivity index (χ0v) is 47.2. The number of rotatable bonds is 12. The van der Waals surface area contributed by atoms with Crippen molar-refractivity contribution in [3.8, 4) is 33.6 Å². The minimum Gasteiger partial charge on any atom is -0.309 e. The molecular weight excluding hydrogens is 1020 g/mol. The zero-order chi connectivity index (χ0) is 54.5. The summed E-state index contributed by atoms with van der Waals surface area (Å²) in [5.74, 6) is 0. The molecule has 4 heteroatoms. The van der Waals surface area contributed by atoms with E-state index in [-0.39, 0.29) is 0 Å². The average molecular weight is 1080 g/mol. The number of benzene rings is 13. The van der Waals surface area contributed by atoms with Crippen LogP contribution in [-0.2, 0) is 0 Å². The molecule has 15 rings (SSSR count). The van der Waals surface area contributed by atoms with Crippen molar-refractivity contribution < 1.29 is 0 Å². The Morgan fingerprint density at radius 2 is 0.549 bits per heavy atom. The lowest BCUT2D eigenvalue weighted by atomic mass is 10.1. The Hall–Kier alpha value is -10.1. The number of fused-ring (bicyclic) bond motifs is 6. The fraction of sp³-hybridized carbons (Fsp3) is 0. The van der Waals surface area contributed by atoms with Crippen LogP contribution in [0.15, 0.2) is 340 Å². The summed E-state index contributed by atoms with van der Waals surface area (Å²) in [6.45, 7) is 0. The fourth-order valence-electron chi connectivity index (χ4n) is 13.7. The van der Waals surface area contributed by atoms with Gasteiger partial charge in [0.15, 0.2) is 16.1 Å². The number of aromatic nitrogens is 2. The van der Waals surface area contributed by atoms with Gasteiger partial charge in [-0.1, -0.05) is 291 Å². The summed E-state index contributed by atoms with van der Waals surface area (Å²) in [5.41, 5.74) is 11.9. The van der Waals surface area contributed by atoms with E-state index in [4.69, 9.17) is 0 Å². The largest absolute Gasteiger partial charge is 0.309 e. The summed E-state index contributed by atoms with van der Waals surface area (Å²) in [5, 5.41) is 15.8. The Morgan fingerprint density at radius 1 is 0.195 bits per heavy atom. The molecule has 13 aromatic carbocycles. The molecule has 2 nitrogen and oxygen atoms in total. The Labute approximate surface area is 480 Å². The van der Waals surface area contributed by atoms with Gasteiger partial charge in [0.2, 0.25) is 0 Å². The lowest BCUT2D eigenvalue weighted by Gasteiger charge is -2.35. The lowest BCUT2D eigenvalue weighted by molar-refractivity contribution is 1.17. The van der Waals surface area contributed by atoms with Gasteiger partial charge in [-0.3, -0.25) is 0 Å². The normalized spacial score (nSPS) is 11.9. The SMILES string of the molecule is c1ccc(-c2cccc([Si](c3ccccc3)(c3ccccc3)c3ccc(-n4c5ccccc5c5cc(-n6c7ccccc7c7c([Si](c8ccccc8)(c8ccccc8)c8cccc(-c9ccccc9)c8)cccc76)ccc54)cc3)c2)cc1. The van der Waals surface area contributed by atoms with Crippen molar-refractivity contribution in [2.24, 2.45) is 0 Å². The lowest BCUT2D eigenvalue weighted by Crippen LogP contribution is -2.74. The highest BCUT2D eigenvalue weighted by Crippen LogP contribution is 2.37. The number of para-hydroxylation sites is 2. The minimum atomic E-state index is -3.05. The summed E-state index contributed by atoms with van der Waals surface area (Å²) in [6, 6.07) is 127. The van der Waals surface area contributed by atoms with Gasteiger partial charge in [0, 0.05) is 32.9 Å². The molecule has 0 aliphatic heterocycles. The van der Waals surface area contributed by atoms with Gasteiger partial charge >= 0.3 is 0 Å². The van der Waals surface area contributed by atoms with E-state index in [1.807, 2.05) is 0 Å². The molecule has 0 radical (unpaired) electrons. The van der Waals surface area contributed by atoms with Crippen LogP contribution < -0.4 is 41.5 Å². The van der Waals surface area contributed by atoms with Crippen LogP contribution in [0.2, 0.25) is 0 Å². The Morgan fingerprint density at radius 3 is 1.09 bits per heavy atom. The molecule has 0 unspecified atom stereocenters. The van der Waals surface area contributed by atoms with Gasteiger partial charge in [-0.2, -0.15) is 0 Å². The van der Waals surface area contributed by atoms with Crippen molar-refractivity contribution in [2.75, 3.05) is 0 Å². The quantitative estimate of drug-likeness (QED) is 0.0852. The van der Waals surface area contributed by atoms with E-state index in [9.17, 15) is 0 Å². The van der Waals surface area contributed by atoms with Crippen molar-refractivity contribution in [1.29, 1.82) is 0 Å². The maximum atomic E-state index is 2.52. The third kappa shape index (κ3) is 7.90. The van der Waals surface area contributed by atoms with E-state index in [1.54, 1.807) is 0 Å². The first-order valence-electron chi connectivity index (χ1n) is 28.4. The highest BCUT2D eigenvalue weighted by atomic mass is 28.3. The molecule has 0 aliphatic carbocycles. The Balaban J connectivity index is 0.919. The van der Waals surface area contributed by atoms with Gasteiger partial charge in [0.1, 0.15) is 0 Å². The van der Waals surface area contributed by atoms with Gasteiger partial charge < -0.3 is 9.13 Å². The second kappa shape index (κ2) is 20.5. The number of hydrogen-bond acceptors (Lipinski definition) is 0. The van der Waals surface area contributed by atoms with E-state index >= 15 is 0 Å². The van der Waals surface area contributed by atoms with Gasteiger partial charge in [0.05, 0.1) is 22.1 Å². The summed E-state index contributed by atoms with van der Waals surface area (Å²) < 4.78 is 4.99. The first-order valence-corrected chi connectivity index (χ1v) is 32.4. The van der Waals surface area contributed by atoms with Crippen LogP contribution in [0, 0.1) is 0 Å². The van der Waals surface area contributed by atoms with Crippen molar-refractivity contribution in [1.82, 2.24) is 9.13 Å². The topological polar surface area (TPSA) is 9.86 Å². The minimum absolute atomic E-state index is 1.13. The van der Waals surface area contributed by atoms with Crippen molar-refractivity contribution >= 4 is 101 Å². The van der Waals surface area contributed by atoms with Crippen LogP contribution in [0.25, 0.3) is 77.2 Å². The van der Waals surface area contributed by atoms with Gasteiger partial charge in [0.25, 0.3) is 0 Å². The molecular formula is C78H56N2Si2. The third-order valence-corrected chi connectivity index (χ3v) is 26.8. The molecule has 2 aromatic heterocycles. The first-order chi connectivity index (χ1) is 40.7. The van der Waals surface area contributed by atoms with Crippen LogP contribution >= 0.6 is 0 Å². The second-order valence-corrected chi connectivity index (χ2v) is 29.1. The maximum absolute atomic E-state index is 3.05. The highest BCUT2D eigenvalue weighted by molar-refractivity contribution is 7.21. The van der Waals surface area contributed by atoms with Crippen LogP contribution in [0.4, 0.5) is 0 Å². The summed E-state index contributed by atoms with van der Waals surface area (Å²) in [6.07, 6.45) is 0. The van der Waals surface area contributed by atoms with Crippen molar-refractivity contribution in [3.63, 3.8) is 0 Å². The smallest absolute Gasteiger partial charge is 0.180 e. The maximum Gasteiger partial charge on any atom is 0.180 e. The number of hydrogen-bond donors (Lipinski definition) is 0. The van der Waals surface area contributed by atoms with Crippen LogP contribution in [-0.4, -0.2) is 25.3 Å². The predicted molar refractivity (Wildman–Crippen MR) is 353 cm³/mol. The zero-order valence-electron chi connectivity index (χ0n) is 45.2. The average Bonchev–Trinajstić information content (AvgIpc) is 4.26. The standard InChI is InChI=1S/C78H56N2Si2/c1-7-26-57(27-8-1)59-30-23-40-68(54-59)81(63-32-11-3-12-33-63,64-34-13-4-14-35-64)67-51-48-61(49-52-67)79-73-44-21-19-42-70(73)72-56-62(50-53-75(72)79)80-74-45-22-20-43-71(74)78-76(80)46-25-47-77(78)82(65-36-15-5-16-37-65,66-38-17-6-18-39-66)69-41-24-31-60(55-69)58-28-9-2-10-29-58/h1-56H. The summed E-state index contributed by atoms with van der Waals surface area (Å²) in [4.78, 5) is 0. The Bertz CT molecular complexity index is 4690. The summed E-state index contributed by atoms with van der Waals surface area (Å²) >= 11 is 0. The number of nitrogens with zero attached hydrogens (tertiary/aromatic N) is 2. The monoisotopic (exact) mass is 1080 g/mol. The molecule has 0 atom stereocenters. The molecule has 0 saturated heterocycles. The van der Waals surface area contributed by atoms with E-state index in [0.717, 1.165) is 11.4 Å². The molecule has 2 heterocycles. The van der Waals surface area contributed by atoms with Crippen LogP contribution in [0.1, 0.15) is 0 Å². The van der Waals surface area contributed by atoms with Gasteiger partial charge in [-0.05, 0) is 112 Å². The van der Waals surface area contributed by atoms with E-state index in [1.165, 1.54) is 107 Å². The third-order valence-electron chi connectivity index (χ3n) is 17.2. The fourth-order valence-corrected chi connectivity index (χ4v) is 23.5. The van der Waals surface area contributed by atoms with Gasteiger partial charge in [-0.25, -0.2) is 0 Å². The van der Waals surface area contributed by atoms with Crippen LogP contribution in [0.3, 0.4) is 0 Å². The first kappa shape index (κ1) is 49.0. The molecule has 82 heavy (non-hydrogen) atoms. The molecule has 0 saturated carbocycles. The molecule has 386 valence electrons. The Kier molecular flexibility index (Phi) is 12.3. The highest BCUT2D eigenvalue weighted by Gasteiger charge is 2.44. The van der Waals surface area contributed by atoms with Crippen LogP contribution in [0.5, 0.6) is 0 Å². The molecule has 0 N–H and O–H groups in total. The van der Waals surface area contributed by atoms with Gasteiger partial charge in [-0.15, -0.1) is 0 Å². The van der Waals surface area contributed by atoms with Crippen molar-refractivity contribution in [2.45, 2.75) is 0 Å². The molecule has 0 bridgehead atoms. The van der Waals surface area contributed by atoms with E-state index < -0.39 is 16.1 Å².